The maximum absolute atomic E-state index is 11.7. The van der Waals surface area contributed by atoms with E-state index in [1.807, 2.05) is 41.1 Å². The smallest absolute Gasteiger partial charge is 0.220 e. The molecule has 1 fully saturated rings. The van der Waals surface area contributed by atoms with Gasteiger partial charge in [-0.05, 0) is 59.6 Å². The Morgan fingerprint density at radius 3 is 2.47 bits per heavy atom. The minimum atomic E-state index is -0.235. The summed E-state index contributed by atoms with van der Waals surface area (Å²) in [7, 11) is 3.23. The molecule has 2 N–H and O–H groups in total. The number of rotatable bonds is 8. The molecule has 1 aromatic heterocycles. The van der Waals surface area contributed by atoms with E-state index < -0.39 is 0 Å². The SMILES string of the molecule is COc1ccc([C@@H](c2nnnn2Cc2ccccc2)N2CCC(C(N)=O)CC2)cc1OC. The second-order valence-electron chi connectivity index (χ2n) is 7.91. The molecule has 0 spiro atoms. The Labute approximate surface area is 187 Å². The predicted octanol–water partition coefficient (Wildman–Crippen LogP) is 2.03. The lowest BCUT2D eigenvalue weighted by molar-refractivity contribution is -0.123. The highest BCUT2D eigenvalue weighted by atomic mass is 16.5. The first-order chi connectivity index (χ1) is 15.6. The number of hydrogen-bond acceptors (Lipinski definition) is 7. The van der Waals surface area contributed by atoms with Gasteiger partial charge in [0.05, 0.1) is 26.8 Å². The third-order valence-corrected chi connectivity index (χ3v) is 6.00. The first kappa shape index (κ1) is 21.8. The highest BCUT2D eigenvalue weighted by Crippen LogP contribution is 2.36. The molecule has 4 rings (SSSR count). The number of carbonyl (C=O) groups excluding carboxylic acids is 1. The third kappa shape index (κ3) is 4.57. The van der Waals surface area contributed by atoms with Crippen molar-refractivity contribution < 1.29 is 14.3 Å². The lowest BCUT2D eigenvalue weighted by Gasteiger charge is -2.36. The summed E-state index contributed by atoms with van der Waals surface area (Å²) >= 11 is 0. The first-order valence-corrected chi connectivity index (χ1v) is 10.7. The number of tetrazole rings is 1. The van der Waals surface area contributed by atoms with Gasteiger partial charge in [-0.3, -0.25) is 9.69 Å². The Balaban J connectivity index is 1.71. The highest BCUT2D eigenvalue weighted by molar-refractivity contribution is 5.76. The Morgan fingerprint density at radius 2 is 1.81 bits per heavy atom. The second-order valence-corrected chi connectivity index (χ2v) is 7.91. The zero-order valence-corrected chi connectivity index (χ0v) is 18.3. The van der Waals surface area contributed by atoms with Crippen LogP contribution in [0.2, 0.25) is 0 Å². The average molecular weight is 437 g/mol. The molecule has 1 amide bonds. The van der Waals surface area contributed by atoms with Gasteiger partial charge in [-0.2, -0.15) is 0 Å². The summed E-state index contributed by atoms with van der Waals surface area (Å²) in [5.41, 5.74) is 7.65. The van der Waals surface area contributed by atoms with Gasteiger partial charge in [0.1, 0.15) is 0 Å². The number of carbonyl (C=O) groups is 1. The van der Waals surface area contributed by atoms with E-state index in [1.54, 1.807) is 14.2 Å². The summed E-state index contributed by atoms with van der Waals surface area (Å²) in [6, 6.07) is 15.7. The van der Waals surface area contributed by atoms with Gasteiger partial charge < -0.3 is 15.2 Å². The van der Waals surface area contributed by atoms with E-state index >= 15 is 0 Å². The van der Waals surface area contributed by atoms with E-state index in [-0.39, 0.29) is 17.9 Å². The molecule has 2 aromatic carbocycles. The molecule has 0 unspecified atom stereocenters. The molecule has 168 valence electrons. The maximum Gasteiger partial charge on any atom is 0.220 e. The normalized spacial score (nSPS) is 15.9. The minimum absolute atomic E-state index is 0.0994. The van der Waals surface area contributed by atoms with Crippen LogP contribution in [-0.4, -0.2) is 58.3 Å². The van der Waals surface area contributed by atoms with E-state index in [0.29, 0.717) is 44.0 Å². The van der Waals surface area contributed by atoms with Crippen LogP contribution in [0.15, 0.2) is 48.5 Å². The third-order valence-electron chi connectivity index (χ3n) is 6.00. The van der Waals surface area contributed by atoms with E-state index in [2.05, 4.69) is 32.6 Å². The van der Waals surface area contributed by atoms with Gasteiger partial charge in [0.25, 0.3) is 0 Å². The van der Waals surface area contributed by atoms with Crippen LogP contribution < -0.4 is 15.2 Å². The van der Waals surface area contributed by atoms with E-state index in [0.717, 1.165) is 17.0 Å². The van der Waals surface area contributed by atoms with Crippen molar-refractivity contribution in [3.63, 3.8) is 0 Å². The molecule has 3 aromatic rings. The van der Waals surface area contributed by atoms with Crippen molar-refractivity contribution in [1.29, 1.82) is 0 Å². The Hall–Kier alpha value is -3.46. The van der Waals surface area contributed by atoms with Gasteiger partial charge in [0.2, 0.25) is 5.91 Å². The molecule has 9 nitrogen and oxygen atoms in total. The van der Waals surface area contributed by atoms with Crippen molar-refractivity contribution in [3.05, 3.63) is 65.5 Å². The second kappa shape index (κ2) is 9.78. The summed E-state index contributed by atoms with van der Waals surface area (Å²) in [6.07, 6.45) is 1.42. The van der Waals surface area contributed by atoms with Gasteiger partial charge in [0.15, 0.2) is 17.3 Å². The van der Waals surface area contributed by atoms with E-state index in [4.69, 9.17) is 15.2 Å². The number of amides is 1. The molecule has 1 aliphatic rings. The Bertz CT molecular complexity index is 1050. The van der Waals surface area contributed by atoms with Crippen LogP contribution in [0.1, 0.15) is 35.8 Å². The first-order valence-electron chi connectivity index (χ1n) is 10.7. The van der Waals surface area contributed by atoms with Crippen molar-refractivity contribution in [2.75, 3.05) is 27.3 Å². The summed E-state index contributed by atoms with van der Waals surface area (Å²) in [5.74, 6) is 1.70. The molecule has 0 saturated carbocycles. The van der Waals surface area contributed by atoms with Crippen molar-refractivity contribution >= 4 is 5.91 Å². The van der Waals surface area contributed by atoms with Crippen LogP contribution in [0.3, 0.4) is 0 Å². The fourth-order valence-corrected chi connectivity index (χ4v) is 4.26. The number of hydrogen-bond donors (Lipinski definition) is 1. The number of primary amides is 1. The Kier molecular flexibility index (Phi) is 6.65. The molecular weight excluding hydrogens is 408 g/mol. The molecule has 0 bridgehead atoms. The minimum Gasteiger partial charge on any atom is -0.493 e. The number of methoxy groups -OCH3 is 2. The van der Waals surface area contributed by atoms with Gasteiger partial charge in [0, 0.05) is 5.92 Å². The Morgan fingerprint density at radius 1 is 1.09 bits per heavy atom. The molecule has 0 aliphatic carbocycles. The summed E-state index contributed by atoms with van der Waals surface area (Å²) < 4.78 is 12.8. The van der Waals surface area contributed by atoms with Crippen LogP contribution in [0.5, 0.6) is 11.5 Å². The van der Waals surface area contributed by atoms with Crippen molar-refractivity contribution in [3.8, 4) is 11.5 Å². The standard InChI is InChI=1S/C23H28N6O3/c1-31-19-9-8-18(14-20(19)32-2)21(28-12-10-17(11-13-28)22(24)30)23-25-26-27-29(23)15-16-6-4-3-5-7-16/h3-9,14,17,21H,10-13,15H2,1-2H3,(H2,24,30)/t21-/m0/s1. The van der Waals surface area contributed by atoms with Crippen molar-refractivity contribution in [1.82, 2.24) is 25.1 Å². The van der Waals surface area contributed by atoms with Crippen LogP contribution in [0.25, 0.3) is 0 Å². The van der Waals surface area contributed by atoms with Crippen LogP contribution in [-0.2, 0) is 11.3 Å². The number of ether oxygens (including phenoxy) is 2. The lowest BCUT2D eigenvalue weighted by Crippen LogP contribution is -2.41. The fraction of sp³-hybridized carbons (Fsp3) is 0.391. The number of nitrogens with zero attached hydrogens (tertiary/aromatic N) is 5. The number of benzene rings is 2. The molecular formula is C23H28N6O3. The number of likely N-dealkylation sites (tertiary alicyclic amines) is 1. The quantitative estimate of drug-likeness (QED) is 0.575. The summed E-state index contributed by atoms with van der Waals surface area (Å²) in [5, 5.41) is 12.7. The average Bonchev–Trinajstić information content (AvgIpc) is 3.27. The molecule has 0 radical (unpaired) electrons. The predicted molar refractivity (Wildman–Crippen MR) is 118 cm³/mol. The van der Waals surface area contributed by atoms with E-state index in [1.165, 1.54) is 0 Å². The number of piperidine rings is 1. The maximum atomic E-state index is 11.7. The summed E-state index contributed by atoms with van der Waals surface area (Å²) in [6.45, 7) is 1.99. The molecule has 1 atom stereocenters. The highest BCUT2D eigenvalue weighted by Gasteiger charge is 2.33. The van der Waals surface area contributed by atoms with Crippen LogP contribution in [0.4, 0.5) is 0 Å². The zero-order valence-electron chi connectivity index (χ0n) is 18.3. The summed E-state index contributed by atoms with van der Waals surface area (Å²) in [4.78, 5) is 14.0. The van der Waals surface area contributed by atoms with Gasteiger partial charge in [-0.25, -0.2) is 4.68 Å². The van der Waals surface area contributed by atoms with Crippen molar-refractivity contribution in [2.45, 2.75) is 25.4 Å². The molecule has 2 heterocycles. The van der Waals surface area contributed by atoms with Crippen LogP contribution in [0, 0.1) is 5.92 Å². The van der Waals surface area contributed by atoms with Gasteiger partial charge >= 0.3 is 0 Å². The zero-order chi connectivity index (χ0) is 22.5. The van der Waals surface area contributed by atoms with Gasteiger partial charge in [-0.1, -0.05) is 36.4 Å². The number of nitrogens with two attached hydrogens (primary N) is 1. The largest absolute Gasteiger partial charge is 0.493 e. The molecule has 32 heavy (non-hydrogen) atoms. The van der Waals surface area contributed by atoms with Crippen molar-refractivity contribution in [2.24, 2.45) is 11.7 Å². The lowest BCUT2D eigenvalue weighted by atomic mass is 9.93. The van der Waals surface area contributed by atoms with E-state index in [9.17, 15) is 4.79 Å². The topological polar surface area (TPSA) is 108 Å². The fourth-order valence-electron chi connectivity index (χ4n) is 4.26. The monoisotopic (exact) mass is 436 g/mol. The van der Waals surface area contributed by atoms with Gasteiger partial charge in [-0.15, -0.1) is 5.10 Å². The molecule has 9 heteroatoms. The molecule has 1 saturated heterocycles. The van der Waals surface area contributed by atoms with Crippen LogP contribution >= 0.6 is 0 Å². The number of aromatic nitrogens is 4. The molecule has 1 aliphatic heterocycles.